The van der Waals surface area contributed by atoms with E-state index in [0.29, 0.717) is 16.6 Å². The summed E-state index contributed by atoms with van der Waals surface area (Å²) in [5.74, 6) is 0.392. The zero-order valence-corrected chi connectivity index (χ0v) is 13.1. The van der Waals surface area contributed by atoms with E-state index < -0.39 is 10.5 Å². The van der Waals surface area contributed by atoms with Crippen molar-refractivity contribution in [3.63, 3.8) is 0 Å². The normalized spacial score (nSPS) is 14.9. The fourth-order valence-electron chi connectivity index (χ4n) is 1.77. The highest BCUT2D eigenvalue weighted by atomic mass is 79.9. The van der Waals surface area contributed by atoms with Crippen LogP contribution in [0.2, 0.25) is 0 Å². The van der Waals surface area contributed by atoms with Crippen molar-refractivity contribution in [3.05, 3.63) is 32.8 Å². The van der Waals surface area contributed by atoms with Crippen LogP contribution < -0.4 is 10.1 Å². The molecule has 0 amide bonds. The highest BCUT2D eigenvalue weighted by Crippen LogP contribution is 2.34. The highest BCUT2D eigenvalue weighted by Gasteiger charge is 2.26. The third-order valence-electron chi connectivity index (χ3n) is 2.96. The summed E-state index contributed by atoms with van der Waals surface area (Å²) in [6.45, 7) is 3.59. The van der Waals surface area contributed by atoms with Crippen LogP contribution in [-0.2, 0) is 0 Å². The van der Waals surface area contributed by atoms with Gasteiger partial charge >= 0.3 is 0 Å². The van der Waals surface area contributed by atoms with Gasteiger partial charge in [0.15, 0.2) is 0 Å². The molecule has 0 bridgehead atoms. The van der Waals surface area contributed by atoms with Crippen LogP contribution in [0, 0.1) is 21.4 Å². The van der Waals surface area contributed by atoms with Gasteiger partial charge < -0.3 is 10.1 Å². The van der Waals surface area contributed by atoms with Gasteiger partial charge in [0.2, 0.25) is 0 Å². The lowest BCUT2D eigenvalue weighted by Crippen LogP contribution is -2.41. The largest absolute Gasteiger partial charge is 0.489 e. The molecule has 1 N–H and O–H groups in total. The molecule has 0 aliphatic carbocycles. The number of hydrogen-bond donors (Lipinski definition) is 1. The van der Waals surface area contributed by atoms with Crippen LogP contribution in [0.4, 0.5) is 5.69 Å². The molecule has 0 aliphatic heterocycles. The molecule has 7 heteroatoms. The van der Waals surface area contributed by atoms with E-state index in [1.54, 1.807) is 26.1 Å². The van der Waals surface area contributed by atoms with Gasteiger partial charge in [-0.15, -0.1) is 0 Å². The summed E-state index contributed by atoms with van der Waals surface area (Å²) in [5, 5.41) is 22.9. The molecule has 0 aliphatic rings. The molecule has 20 heavy (non-hydrogen) atoms. The van der Waals surface area contributed by atoms with Gasteiger partial charge in [0.05, 0.1) is 17.1 Å². The van der Waals surface area contributed by atoms with Gasteiger partial charge in [0, 0.05) is 12.5 Å². The second kappa shape index (κ2) is 6.68. The van der Waals surface area contributed by atoms with Crippen LogP contribution in [-0.4, -0.2) is 23.6 Å². The maximum atomic E-state index is 10.8. The average molecular weight is 342 g/mol. The van der Waals surface area contributed by atoms with Gasteiger partial charge in [0.1, 0.15) is 15.8 Å². The summed E-state index contributed by atoms with van der Waals surface area (Å²) in [5.41, 5.74) is -0.751. The summed E-state index contributed by atoms with van der Waals surface area (Å²) in [6, 6.07) is 6.79. The summed E-state index contributed by atoms with van der Waals surface area (Å²) in [6.07, 6.45) is 0.181. The Balaban J connectivity index is 2.87. The molecular weight excluding hydrogens is 326 g/mol. The molecule has 0 saturated heterocycles. The van der Waals surface area contributed by atoms with E-state index in [2.05, 4.69) is 27.3 Å². The van der Waals surface area contributed by atoms with Crippen molar-refractivity contribution in [2.24, 2.45) is 0 Å². The minimum atomic E-state index is -0.702. The van der Waals surface area contributed by atoms with E-state index in [4.69, 9.17) is 10.00 Å². The molecule has 1 aromatic carbocycles. The molecule has 0 heterocycles. The Morgan fingerprint density at radius 3 is 2.80 bits per heavy atom. The van der Waals surface area contributed by atoms with E-state index in [-0.39, 0.29) is 11.8 Å². The summed E-state index contributed by atoms with van der Waals surface area (Å²) >= 11 is 3.18. The number of nitro benzene ring substituents is 1. The van der Waals surface area contributed by atoms with Crippen molar-refractivity contribution in [2.75, 3.05) is 7.05 Å². The number of nitrogens with zero attached hydrogens (tertiary/aromatic N) is 2. The number of ether oxygens (including phenoxy) is 1. The number of rotatable bonds is 6. The zero-order chi connectivity index (χ0) is 15.3. The third kappa shape index (κ3) is 3.92. The fraction of sp³-hybridized carbons (Fsp3) is 0.462. The maximum Gasteiger partial charge on any atom is 0.287 e. The Morgan fingerprint density at radius 1 is 1.65 bits per heavy atom. The van der Waals surface area contributed by atoms with E-state index in [1.165, 1.54) is 6.07 Å². The van der Waals surface area contributed by atoms with Gasteiger partial charge in [-0.25, -0.2) is 0 Å². The number of nitrogens with one attached hydrogen (secondary N) is 1. The Hall–Kier alpha value is -1.65. The van der Waals surface area contributed by atoms with E-state index in [9.17, 15) is 10.1 Å². The van der Waals surface area contributed by atoms with E-state index in [1.807, 2.05) is 6.92 Å². The molecule has 0 fully saturated rings. The summed E-state index contributed by atoms with van der Waals surface area (Å²) in [4.78, 5) is 10.4. The number of benzene rings is 1. The average Bonchev–Trinajstić information content (AvgIpc) is 2.40. The molecule has 1 aromatic rings. The lowest BCUT2D eigenvalue weighted by molar-refractivity contribution is -0.385. The summed E-state index contributed by atoms with van der Waals surface area (Å²) in [7, 11) is 1.71. The predicted octanol–water partition coefficient (Wildman–Crippen LogP) is 3.02. The number of nitriles is 1. The Labute approximate surface area is 126 Å². The van der Waals surface area contributed by atoms with E-state index in [0.717, 1.165) is 0 Å². The van der Waals surface area contributed by atoms with Gasteiger partial charge in [-0.05, 0) is 42.9 Å². The Kier molecular flexibility index (Phi) is 5.48. The molecule has 0 saturated carbocycles. The topological polar surface area (TPSA) is 88.2 Å². The van der Waals surface area contributed by atoms with Crippen LogP contribution in [0.1, 0.15) is 20.3 Å². The Morgan fingerprint density at radius 2 is 2.30 bits per heavy atom. The first kappa shape index (κ1) is 16.4. The lowest BCUT2D eigenvalue weighted by atomic mass is 9.97. The fourth-order valence-corrected chi connectivity index (χ4v) is 2.27. The molecule has 6 nitrogen and oxygen atoms in total. The van der Waals surface area contributed by atoms with Crippen LogP contribution in [0.15, 0.2) is 22.7 Å². The molecule has 0 radical (unpaired) electrons. The van der Waals surface area contributed by atoms with Gasteiger partial charge in [-0.3, -0.25) is 10.1 Å². The SMILES string of the molecule is CNC(C)(C#N)CC(C)Oc1cccc([N+](=O)[O-])c1Br. The third-order valence-corrected chi connectivity index (χ3v) is 3.76. The first-order chi connectivity index (χ1) is 9.33. The standard InChI is InChI=1S/C13H16BrN3O3/c1-9(7-13(2,8-15)16-3)20-11-6-4-5-10(12(11)14)17(18)19/h4-6,9,16H,7H2,1-3H3. The van der Waals surface area contributed by atoms with Gasteiger partial charge in [0.25, 0.3) is 5.69 Å². The molecule has 108 valence electrons. The maximum absolute atomic E-state index is 10.8. The first-order valence-electron chi connectivity index (χ1n) is 6.02. The zero-order valence-electron chi connectivity index (χ0n) is 11.5. The van der Waals surface area contributed by atoms with Crippen molar-refractivity contribution in [2.45, 2.75) is 31.9 Å². The van der Waals surface area contributed by atoms with Crippen molar-refractivity contribution in [1.82, 2.24) is 5.32 Å². The van der Waals surface area contributed by atoms with Gasteiger partial charge in [-0.1, -0.05) is 6.07 Å². The lowest BCUT2D eigenvalue weighted by Gasteiger charge is -2.25. The Bertz CT molecular complexity index is 544. The molecule has 1 rings (SSSR count). The van der Waals surface area contributed by atoms with Crippen LogP contribution in [0.5, 0.6) is 5.75 Å². The highest BCUT2D eigenvalue weighted by molar-refractivity contribution is 9.10. The second-order valence-electron chi connectivity index (χ2n) is 4.67. The minimum Gasteiger partial charge on any atom is -0.489 e. The molecular formula is C13H16BrN3O3. The van der Waals surface area contributed by atoms with Crippen LogP contribution in [0.3, 0.4) is 0 Å². The molecule has 2 atom stereocenters. The predicted molar refractivity (Wildman–Crippen MR) is 78.6 cm³/mol. The quantitative estimate of drug-likeness (QED) is 0.634. The van der Waals surface area contributed by atoms with E-state index >= 15 is 0 Å². The van der Waals surface area contributed by atoms with Crippen molar-refractivity contribution in [1.29, 1.82) is 5.26 Å². The number of hydrogen-bond acceptors (Lipinski definition) is 5. The van der Waals surface area contributed by atoms with Crippen LogP contribution in [0.25, 0.3) is 0 Å². The summed E-state index contributed by atoms with van der Waals surface area (Å²) < 4.78 is 6.00. The smallest absolute Gasteiger partial charge is 0.287 e. The molecule has 2 unspecified atom stereocenters. The van der Waals surface area contributed by atoms with Crippen LogP contribution >= 0.6 is 15.9 Å². The second-order valence-corrected chi connectivity index (χ2v) is 5.47. The van der Waals surface area contributed by atoms with Crippen molar-refractivity contribution < 1.29 is 9.66 Å². The van der Waals surface area contributed by atoms with Crippen molar-refractivity contribution >= 4 is 21.6 Å². The minimum absolute atomic E-state index is 0.0497. The molecule has 0 spiro atoms. The first-order valence-corrected chi connectivity index (χ1v) is 6.82. The molecule has 0 aromatic heterocycles. The number of halogens is 1. The van der Waals surface area contributed by atoms with Crippen molar-refractivity contribution in [3.8, 4) is 11.8 Å². The van der Waals surface area contributed by atoms with Gasteiger partial charge in [-0.2, -0.15) is 5.26 Å². The number of nitro groups is 1. The monoisotopic (exact) mass is 341 g/mol.